The molecule has 1 atom stereocenters. The molecular formula is C16H19BrN2O5. The Morgan fingerprint density at radius 3 is 2.67 bits per heavy atom. The molecule has 1 aliphatic heterocycles. The van der Waals surface area contributed by atoms with Crippen molar-refractivity contribution in [3.63, 3.8) is 0 Å². The van der Waals surface area contributed by atoms with Crippen molar-refractivity contribution < 1.29 is 23.9 Å². The van der Waals surface area contributed by atoms with E-state index in [0.29, 0.717) is 17.7 Å². The molecule has 1 heterocycles. The van der Waals surface area contributed by atoms with Gasteiger partial charge in [0.15, 0.2) is 0 Å². The summed E-state index contributed by atoms with van der Waals surface area (Å²) < 4.78 is 11.2. The third-order valence-electron chi connectivity index (χ3n) is 3.97. The Labute approximate surface area is 148 Å². The third-order valence-corrected chi connectivity index (χ3v) is 4.46. The maximum atomic E-state index is 12.2. The van der Waals surface area contributed by atoms with E-state index in [0.717, 1.165) is 9.37 Å². The van der Waals surface area contributed by atoms with Gasteiger partial charge >= 0.3 is 12.0 Å². The highest BCUT2D eigenvalue weighted by Crippen LogP contribution is 2.24. The first-order valence-corrected chi connectivity index (χ1v) is 8.22. The van der Waals surface area contributed by atoms with Crippen LogP contribution in [0.4, 0.5) is 4.79 Å². The zero-order valence-electron chi connectivity index (χ0n) is 13.7. The van der Waals surface area contributed by atoms with Crippen molar-refractivity contribution in [3.05, 3.63) is 28.2 Å². The number of amides is 3. The largest absolute Gasteiger partial charge is 0.496 e. The van der Waals surface area contributed by atoms with Gasteiger partial charge in [0, 0.05) is 10.0 Å². The van der Waals surface area contributed by atoms with Crippen molar-refractivity contribution in [2.45, 2.75) is 32.4 Å². The summed E-state index contributed by atoms with van der Waals surface area (Å²) in [5, 5.41) is 2.59. The highest BCUT2D eigenvalue weighted by Gasteiger charge is 2.47. The first kappa shape index (κ1) is 18.3. The second-order valence-corrected chi connectivity index (χ2v) is 6.54. The summed E-state index contributed by atoms with van der Waals surface area (Å²) in [5.41, 5.74) is -0.291. The summed E-state index contributed by atoms with van der Waals surface area (Å²) in [6, 6.07) is 4.75. The molecule has 0 spiro atoms. The van der Waals surface area contributed by atoms with Crippen LogP contribution < -0.4 is 10.1 Å². The van der Waals surface area contributed by atoms with Gasteiger partial charge in [0.2, 0.25) is 0 Å². The lowest BCUT2D eigenvalue weighted by molar-refractivity contribution is -0.148. The SMILES string of the molecule is CCC1(C)NC(=O)N(CC(=O)OCc2cc(Br)ccc2OC)C1=O. The molecule has 3 amide bonds. The van der Waals surface area contributed by atoms with Crippen LogP contribution in [0.15, 0.2) is 22.7 Å². The van der Waals surface area contributed by atoms with Gasteiger partial charge in [-0.1, -0.05) is 22.9 Å². The van der Waals surface area contributed by atoms with Gasteiger partial charge in [-0.05, 0) is 31.5 Å². The van der Waals surface area contributed by atoms with Gasteiger partial charge < -0.3 is 14.8 Å². The lowest BCUT2D eigenvalue weighted by Gasteiger charge is -2.19. The van der Waals surface area contributed by atoms with Gasteiger partial charge in [-0.2, -0.15) is 0 Å². The Morgan fingerprint density at radius 1 is 1.38 bits per heavy atom. The quantitative estimate of drug-likeness (QED) is 0.586. The number of hydrogen-bond acceptors (Lipinski definition) is 5. The van der Waals surface area contributed by atoms with E-state index in [4.69, 9.17) is 9.47 Å². The molecule has 1 N–H and O–H groups in total. The average molecular weight is 399 g/mol. The summed E-state index contributed by atoms with van der Waals surface area (Å²) in [4.78, 5) is 37.0. The van der Waals surface area contributed by atoms with E-state index in [1.165, 1.54) is 7.11 Å². The van der Waals surface area contributed by atoms with E-state index in [1.807, 2.05) is 6.07 Å². The third kappa shape index (κ3) is 3.69. The summed E-state index contributed by atoms with van der Waals surface area (Å²) >= 11 is 3.34. The minimum Gasteiger partial charge on any atom is -0.496 e. The van der Waals surface area contributed by atoms with Crippen molar-refractivity contribution in [1.82, 2.24) is 10.2 Å². The van der Waals surface area contributed by atoms with E-state index >= 15 is 0 Å². The fourth-order valence-corrected chi connectivity index (χ4v) is 2.73. The Bertz CT molecular complexity index is 678. The lowest BCUT2D eigenvalue weighted by atomic mass is 9.99. The van der Waals surface area contributed by atoms with Crippen LogP contribution in [0.5, 0.6) is 5.75 Å². The van der Waals surface area contributed by atoms with E-state index < -0.39 is 30.0 Å². The zero-order chi connectivity index (χ0) is 17.9. The molecule has 0 saturated carbocycles. The minimum absolute atomic E-state index is 0.0177. The second-order valence-electron chi connectivity index (χ2n) is 5.62. The van der Waals surface area contributed by atoms with Crippen LogP contribution in [0, 0.1) is 0 Å². The summed E-state index contributed by atoms with van der Waals surface area (Å²) in [5.74, 6) is -0.507. The van der Waals surface area contributed by atoms with Crippen LogP contribution in [0.3, 0.4) is 0 Å². The molecule has 1 unspecified atom stereocenters. The fraction of sp³-hybridized carbons (Fsp3) is 0.438. The molecule has 24 heavy (non-hydrogen) atoms. The number of methoxy groups -OCH3 is 1. The maximum Gasteiger partial charge on any atom is 0.326 e. The van der Waals surface area contributed by atoms with E-state index in [2.05, 4.69) is 21.2 Å². The molecule has 7 nitrogen and oxygen atoms in total. The van der Waals surface area contributed by atoms with Gasteiger partial charge in [-0.3, -0.25) is 14.5 Å². The van der Waals surface area contributed by atoms with Crippen LogP contribution in [0.2, 0.25) is 0 Å². The standard InChI is InChI=1S/C16H19BrN2O5/c1-4-16(2)14(21)19(15(22)18-16)8-13(20)24-9-10-7-11(17)5-6-12(10)23-3/h5-7H,4,8-9H2,1-3H3,(H,18,22). The number of urea groups is 1. The van der Waals surface area contributed by atoms with Crippen LogP contribution in [0.1, 0.15) is 25.8 Å². The molecule has 1 aromatic carbocycles. The van der Waals surface area contributed by atoms with Gasteiger partial charge in [0.1, 0.15) is 24.4 Å². The highest BCUT2D eigenvalue weighted by atomic mass is 79.9. The number of rotatable bonds is 6. The van der Waals surface area contributed by atoms with Crippen molar-refractivity contribution in [3.8, 4) is 5.75 Å². The molecule has 0 radical (unpaired) electrons. The van der Waals surface area contributed by atoms with Crippen molar-refractivity contribution in [1.29, 1.82) is 0 Å². The highest BCUT2D eigenvalue weighted by molar-refractivity contribution is 9.10. The van der Waals surface area contributed by atoms with E-state index in [9.17, 15) is 14.4 Å². The Kier molecular flexibility index (Phi) is 5.48. The zero-order valence-corrected chi connectivity index (χ0v) is 15.3. The number of carbonyl (C=O) groups is 3. The summed E-state index contributed by atoms with van der Waals surface area (Å²) in [7, 11) is 1.52. The number of nitrogens with zero attached hydrogens (tertiary/aromatic N) is 1. The number of halogens is 1. The topological polar surface area (TPSA) is 84.9 Å². The molecule has 8 heteroatoms. The number of carbonyl (C=O) groups excluding carboxylic acids is 3. The fourth-order valence-electron chi connectivity index (χ4n) is 2.32. The van der Waals surface area contributed by atoms with Crippen LogP contribution in [-0.2, 0) is 20.9 Å². The average Bonchev–Trinajstić information content (AvgIpc) is 2.77. The number of ether oxygens (including phenoxy) is 2. The van der Waals surface area contributed by atoms with Crippen molar-refractivity contribution in [2.24, 2.45) is 0 Å². The first-order chi connectivity index (χ1) is 11.3. The van der Waals surface area contributed by atoms with Crippen LogP contribution in [-0.4, -0.2) is 42.0 Å². The Balaban J connectivity index is 1.98. The first-order valence-electron chi connectivity index (χ1n) is 7.43. The number of hydrogen-bond donors (Lipinski definition) is 1. The molecule has 1 aliphatic rings. The number of benzene rings is 1. The predicted molar refractivity (Wildman–Crippen MR) is 89.4 cm³/mol. The normalized spacial score (nSPS) is 20.1. The molecule has 0 bridgehead atoms. The van der Waals surface area contributed by atoms with Gasteiger partial charge in [0.05, 0.1) is 7.11 Å². The molecule has 0 aromatic heterocycles. The molecular weight excluding hydrogens is 380 g/mol. The molecule has 0 aliphatic carbocycles. The van der Waals surface area contributed by atoms with E-state index in [-0.39, 0.29) is 6.61 Å². The monoisotopic (exact) mass is 398 g/mol. The van der Waals surface area contributed by atoms with Crippen molar-refractivity contribution in [2.75, 3.05) is 13.7 Å². The van der Waals surface area contributed by atoms with Gasteiger partial charge in [0.25, 0.3) is 5.91 Å². The van der Waals surface area contributed by atoms with Crippen LogP contribution in [0.25, 0.3) is 0 Å². The molecule has 2 rings (SSSR count). The Morgan fingerprint density at radius 2 is 2.08 bits per heavy atom. The van der Waals surface area contributed by atoms with Crippen molar-refractivity contribution >= 4 is 33.8 Å². The maximum absolute atomic E-state index is 12.2. The summed E-state index contributed by atoms with van der Waals surface area (Å²) in [6.07, 6.45) is 0.443. The van der Waals surface area contributed by atoms with E-state index in [1.54, 1.807) is 26.0 Å². The minimum atomic E-state index is -0.967. The number of nitrogens with one attached hydrogen (secondary N) is 1. The number of imide groups is 1. The smallest absolute Gasteiger partial charge is 0.326 e. The molecule has 1 saturated heterocycles. The Hall–Kier alpha value is -2.09. The van der Waals surface area contributed by atoms with Gasteiger partial charge in [-0.15, -0.1) is 0 Å². The molecule has 1 aromatic rings. The number of esters is 1. The second kappa shape index (κ2) is 7.21. The van der Waals surface area contributed by atoms with Gasteiger partial charge in [-0.25, -0.2) is 4.79 Å². The predicted octanol–water partition coefficient (Wildman–Crippen LogP) is 2.22. The molecule has 130 valence electrons. The van der Waals surface area contributed by atoms with Crippen LogP contribution >= 0.6 is 15.9 Å². The lowest BCUT2D eigenvalue weighted by Crippen LogP contribution is -2.43. The summed E-state index contributed by atoms with van der Waals surface area (Å²) in [6.45, 7) is 2.98. The molecule has 1 fully saturated rings.